The van der Waals surface area contributed by atoms with Crippen molar-refractivity contribution < 1.29 is 14.3 Å². The van der Waals surface area contributed by atoms with Gasteiger partial charge < -0.3 is 14.8 Å². The Morgan fingerprint density at radius 2 is 1.93 bits per heavy atom. The number of anilines is 1. The first-order valence-corrected chi connectivity index (χ1v) is 9.81. The summed E-state index contributed by atoms with van der Waals surface area (Å²) in [6, 6.07) is 15.4. The number of benzene rings is 2. The molecule has 0 aromatic heterocycles. The van der Waals surface area contributed by atoms with Gasteiger partial charge in [-0.3, -0.25) is 9.69 Å². The molecule has 1 amide bonds. The fourth-order valence-electron chi connectivity index (χ4n) is 4.31. The molecule has 0 bridgehead atoms. The predicted molar refractivity (Wildman–Crippen MR) is 103 cm³/mol. The number of nitrogens with zero attached hydrogens (tertiary/aromatic N) is 1. The number of amides is 1. The van der Waals surface area contributed by atoms with Crippen molar-refractivity contribution in [3.8, 4) is 11.5 Å². The molecular formula is C22H24N2O3. The van der Waals surface area contributed by atoms with Crippen molar-refractivity contribution in [3.05, 3.63) is 53.6 Å². The lowest BCUT2D eigenvalue weighted by molar-refractivity contribution is -0.116. The van der Waals surface area contributed by atoms with Gasteiger partial charge in [-0.25, -0.2) is 0 Å². The van der Waals surface area contributed by atoms with E-state index in [-0.39, 0.29) is 12.7 Å². The van der Waals surface area contributed by atoms with Crippen LogP contribution in [0.2, 0.25) is 0 Å². The van der Waals surface area contributed by atoms with Crippen LogP contribution in [0.5, 0.6) is 11.5 Å². The van der Waals surface area contributed by atoms with E-state index < -0.39 is 0 Å². The summed E-state index contributed by atoms with van der Waals surface area (Å²) in [5, 5.41) is 2.99. The van der Waals surface area contributed by atoms with Crippen LogP contribution in [0.1, 0.15) is 42.9 Å². The van der Waals surface area contributed by atoms with Crippen molar-refractivity contribution in [2.75, 3.05) is 18.7 Å². The van der Waals surface area contributed by atoms with Gasteiger partial charge in [-0.05, 0) is 48.9 Å². The van der Waals surface area contributed by atoms with Crippen LogP contribution in [0, 0.1) is 0 Å². The molecule has 140 valence electrons. The highest BCUT2D eigenvalue weighted by Gasteiger charge is 2.37. The van der Waals surface area contributed by atoms with Crippen molar-refractivity contribution in [2.45, 2.75) is 44.2 Å². The molecule has 0 radical (unpaired) electrons. The fraction of sp³-hybridized carbons (Fsp3) is 0.409. The average molecular weight is 364 g/mol. The number of aryl methyl sites for hydroxylation is 1. The second-order valence-electron chi connectivity index (χ2n) is 7.59. The van der Waals surface area contributed by atoms with E-state index in [2.05, 4.69) is 34.5 Å². The third-order valence-electron chi connectivity index (χ3n) is 5.77. The molecule has 2 aliphatic carbocycles. The third-order valence-corrected chi connectivity index (χ3v) is 5.77. The quantitative estimate of drug-likeness (QED) is 0.845. The van der Waals surface area contributed by atoms with E-state index in [1.54, 1.807) is 0 Å². The molecule has 1 unspecified atom stereocenters. The summed E-state index contributed by atoms with van der Waals surface area (Å²) in [4.78, 5) is 15.1. The highest BCUT2D eigenvalue weighted by Crippen LogP contribution is 2.41. The molecule has 2 aromatic carbocycles. The second kappa shape index (κ2) is 6.89. The minimum Gasteiger partial charge on any atom is -0.454 e. The van der Waals surface area contributed by atoms with Gasteiger partial charge in [0.2, 0.25) is 12.7 Å². The maximum Gasteiger partial charge on any atom is 0.231 e. The smallest absolute Gasteiger partial charge is 0.231 e. The molecule has 1 saturated carbocycles. The maximum atomic E-state index is 12.5. The van der Waals surface area contributed by atoms with E-state index in [1.807, 2.05) is 18.2 Å². The lowest BCUT2D eigenvalue weighted by Crippen LogP contribution is -2.33. The average Bonchev–Trinajstić information content (AvgIpc) is 3.25. The Labute approximate surface area is 159 Å². The van der Waals surface area contributed by atoms with Crippen LogP contribution >= 0.6 is 0 Å². The molecule has 2 aromatic rings. The minimum atomic E-state index is 0.0470. The van der Waals surface area contributed by atoms with E-state index >= 15 is 0 Å². The summed E-state index contributed by atoms with van der Waals surface area (Å²) in [5.74, 6) is 1.47. The van der Waals surface area contributed by atoms with Crippen molar-refractivity contribution in [1.82, 2.24) is 4.90 Å². The molecule has 5 nitrogen and oxygen atoms in total. The Kier molecular flexibility index (Phi) is 4.24. The number of rotatable bonds is 6. The van der Waals surface area contributed by atoms with Gasteiger partial charge in [0, 0.05) is 36.8 Å². The van der Waals surface area contributed by atoms with Crippen molar-refractivity contribution in [1.29, 1.82) is 0 Å². The highest BCUT2D eigenvalue weighted by molar-refractivity contribution is 5.91. The summed E-state index contributed by atoms with van der Waals surface area (Å²) in [6.07, 6.45) is 5.32. The first-order valence-electron chi connectivity index (χ1n) is 9.81. The molecule has 1 atom stereocenters. The number of fused-ring (bicyclic) bond motifs is 2. The van der Waals surface area contributed by atoms with E-state index in [9.17, 15) is 4.79 Å². The van der Waals surface area contributed by atoms with Gasteiger partial charge in [0.25, 0.3) is 0 Å². The van der Waals surface area contributed by atoms with Gasteiger partial charge in [0.15, 0.2) is 11.5 Å². The van der Waals surface area contributed by atoms with E-state index in [1.165, 1.54) is 30.4 Å². The van der Waals surface area contributed by atoms with Gasteiger partial charge in [-0.2, -0.15) is 0 Å². The molecule has 0 spiro atoms. The molecule has 1 fully saturated rings. The van der Waals surface area contributed by atoms with Crippen LogP contribution in [-0.2, 0) is 11.2 Å². The number of carbonyl (C=O) groups excluding carboxylic acids is 1. The molecule has 0 saturated heterocycles. The van der Waals surface area contributed by atoms with Crippen molar-refractivity contribution in [2.24, 2.45) is 0 Å². The van der Waals surface area contributed by atoms with Gasteiger partial charge in [0.05, 0.1) is 0 Å². The third kappa shape index (κ3) is 3.39. The molecule has 5 heteroatoms. The van der Waals surface area contributed by atoms with Crippen LogP contribution in [0.4, 0.5) is 5.69 Å². The Balaban J connectivity index is 1.22. The zero-order valence-corrected chi connectivity index (χ0v) is 15.3. The summed E-state index contributed by atoms with van der Waals surface area (Å²) in [5.41, 5.74) is 3.69. The molecule has 1 N–H and O–H groups in total. The molecule has 1 heterocycles. The summed E-state index contributed by atoms with van der Waals surface area (Å²) >= 11 is 0. The lowest BCUT2D eigenvalue weighted by Gasteiger charge is -2.29. The Bertz CT molecular complexity index is 862. The van der Waals surface area contributed by atoms with Crippen LogP contribution in [0.3, 0.4) is 0 Å². The number of nitrogens with one attached hydrogen (secondary N) is 1. The highest BCUT2D eigenvalue weighted by atomic mass is 16.7. The molecule has 1 aliphatic heterocycles. The van der Waals surface area contributed by atoms with Crippen molar-refractivity contribution >= 4 is 11.6 Å². The summed E-state index contributed by atoms with van der Waals surface area (Å²) in [7, 11) is 0. The number of hydrogen-bond donors (Lipinski definition) is 1. The number of carbonyl (C=O) groups is 1. The predicted octanol–water partition coefficient (Wildman–Crippen LogP) is 3.90. The van der Waals surface area contributed by atoms with Crippen LogP contribution in [0.25, 0.3) is 0 Å². The minimum absolute atomic E-state index is 0.0470. The number of hydrogen-bond acceptors (Lipinski definition) is 4. The molecule has 3 aliphatic rings. The van der Waals surface area contributed by atoms with Gasteiger partial charge in [0.1, 0.15) is 0 Å². The van der Waals surface area contributed by atoms with Crippen LogP contribution < -0.4 is 14.8 Å². The SMILES string of the molecule is O=C(CCN(C1CC1)C1CCc2ccccc21)Nc1ccc2c(c1)OCO2. The Morgan fingerprint density at radius 3 is 2.81 bits per heavy atom. The van der Waals surface area contributed by atoms with E-state index in [0.717, 1.165) is 24.4 Å². The topological polar surface area (TPSA) is 50.8 Å². The standard InChI is InChI=1S/C22H24N2O3/c25-22(23-16-6-10-20-21(13-16)27-14-26-20)11-12-24(17-7-8-17)19-9-5-15-3-1-2-4-18(15)19/h1-4,6,10,13,17,19H,5,7-9,11-12,14H2,(H,23,25). The normalized spacial score (nSPS) is 20.0. The zero-order valence-electron chi connectivity index (χ0n) is 15.3. The Hall–Kier alpha value is -2.53. The monoisotopic (exact) mass is 364 g/mol. The largest absolute Gasteiger partial charge is 0.454 e. The maximum absolute atomic E-state index is 12.5. The molecular weight excluding hydrogens is 340 g/mol. The van der Waals surface area contributed by atoms with E-state index in [4.69, 9.17) is 9.47 Å². The molecule has 5 rings (SSSR count). The second-order valence-corrected chi connectivity index (χ2v) is 7.59. The van der Waals surface area contributed by atoms with Crippen LogP contribution in [0.15, 0.2) is 42.5 Å². The Morgan fingerprint density at radius 1 is 1.07 bits per heavy atom. The molecule has 27 heavy (non-hydrogen) atoms. The fourth-order valence-corrected chi connectivity index (χ4v) is 4.31. The number of ether oxygens (including phenoxy) is 2. The van der Waals surface area contributed by atoms with Gasteiger partial charge >= 0.3 is 0 Å². The van der Waals surface area contributed by atoms with Crippen LogP contribution in [-0.4, -0.2) is 30.2 Å². The summed E-state index contributed by atoms with van der Waals surface area (Å²) < 4.78 is 10.7. The summed E-state index contributed by atoms with van der Waals surface area (Å²) in [6.45, 7) is 1.05. The first kappa shape index (κ1) is 16.6. The lowest BCUT2D eigenvalue weighted by atomic mass is 10.1. The van der Waals surface area contributed by atoms with Crippen molar-refractivity contribution in [3.63, 3.8) is 0 Å². The van der Waals surface area contributed by atoms with Gasteiger partial charge in [-0.15, -0.1) is 0 Å². The first-order chi connectivity index (χ1) is 13.3. The van der Waals surface area contributed by atoms with Gasteiger partial charge in [-0.1, -0.05) is 24.3 Å². The van der Waals surface area contributed by atoms with E-state index in [0.29, 0.717) is 24.3 Å². The zero-order chi connectivity index (χ0) is 18.2.